The Bertz CT molecular complexity index is 1600. The van der Waals surface area contributed by atoms with E-state index in [1.165, 1.54) is 0 Å². The van der Waals surface area contributed by atoms with Gasteiger partial charge in [0.25, 0.3) is 11.8 Å². The normalized spacial score (nSPS) is 12.8. The molecule has 2 heterocycles. The molecule has 1 aliphatic rings. The zero-order valence-electron chi connectivity index (χ0n) is 22.5. The summed E-state index contributed by atoms with van der Waals surface area (Å²) in [6, 6.07) is 18.1. The zero-order chi connectivity index (χ0) is 28.4. The maximum atomic E-state index is 13.0. The summed E-state index contributed by atoms with van der Waals surface area (Å²) in [6.45, 7) is 5.94. The topological polar surface area (TPSA) is 152 Å². The first kappa shape index (κ1) is 26.8. The molecule has 0 spiro atoms. The van der Waals surface area contributed by atoms with Crippen molar-refractivity contribution in [2.75, 3.05) is 23.0 Å². The van der Waals surface area contributed by atoms with Crippen LogP contribution in [0.2, 0.25) is 0 Å². The smallest absolute Gasteiger partial charge is 0.262 e. The number of anilines is 3. The molecule has 5 N–H and O–H groups in total. The van der Waals surface area contributed by atoms with Crippen LogP contribution in [-0.2, 0) is 23.2 Å². The maximum absolute atomic E-state index is 13.0. The third-order valence-corrected chi connectivity index (χ3v) is 6.58. The molecule has 1 aliphatic heterocycles. The van der Waals surface area contributed by atoms with Crippen molar-refractivity contribution in [3.8, 4) is 17.1 Å². The van der Waals surface area contributed by atoms with Gasteiger partial charge in [0.15, 0.2) is 12.4 Å². The van der Waals surface area contributed by atoms with E-state index in [-0.39, 0.29) is 42.2 Å². The predicted molar refractivity (Wildman–Crippen MR) is 152 cm³/mol. The number of benzene rings is 3. The molecular weight excluding hydrogens is 508 g/mol. The van der Waals surface area contributed by atoms with Gasteiger partial charge in [-0.1, -0.05) is 51.1 Å². The van der Waals surface area contributed by atoms with Crippen LogP contribution in [0.15, 0.2) is 60.7 Å². The number of nitrogens with one attached hydrogen (secondary N) is 2. The molecule has 0 atom stereocenters. The van der Waals surface area contributed by atoms with Crippen molar-refractivity contribution in [3.05, 3.63) is 88.7 Å². The second-order valence-corrected chi connectivity index (χ2v) is 10.5. The average molecular weight is 539 g/mol. The number of fused-ring (bicyclic) bond motifs is 1. The number of nitrogen functional groups attached to an aromatic ring is 1. The van der Waals surface area contributed by atoms with Gasteiger partial charge >= 0.3 is 0 Å². The summed E-state index contributed by atoms with van der Waals surface area (Å²) >= 11 is 0. The summed E-state index contributed by atoms with van der Waals surface area (Å²) < 4.78 is 5.51. The number of carbonyl (C=O) groups is 2. The van der Waals surface area contributed by atoms with E-state index in [1.54, 1.807) is 36.4 Å². The van der Waals surface area contributed by atoms with Crippen molar-refractivity contribution in [2.45, 2.75) is 39.2 Å². The Labute approximate surface area is 231 Å². The van der Waals surface area contributed by atoms with Crippen molar-refractivity contribution in [1.82, 2.24) is 15.0 Å². The number of hydrogen-bond acceptors (Lipinski definition) is 8. The largest absolute Gasteiger partial charge is 0.482 e. The number of amides is 2. The first-order chi connectivity index (χ1) is 19.1. The fourth-order valence-corrected chi connectivity index (χ4v) is 4.45. The first-order valence-corrected chi connectivity index (χ1v) is 12.8. The fraction of sp³-hybridized carbons (Fsp3) is 0.233. The Kier molecular flexibility index (Phi) is 7.19. The molecule has 40 heavy (non-hydrogen) atoms. The second kappa shape index (κ2) is 10.7. The second-order valence-electron chi connectivity index (χ2n) is 10.5. The highest BCUT2D eigenvalue weighted by Gasteiger charge is 2.19. The molecule has 0 radical (unpaired) electrons. The summed E-state index contributed by atoms with van der Waals surface area (Å²) in [4.78, 5) is 37.8. The van der Waals surface area contributed by atoms with E-state index in [9.17, 15) is 14.7 Å². The minimum atomic E-state index is -0.358. The van der Waals surface area contributed by atoms with Crippen molar-refractivity contribution >= 4 is 29.1 Å². The van der Waals surface area contributed by atoms with Gasteiger partial charge < -0.3 is 26.2 Å². The highest BCUT2D eigenvalue weighted by atomic mass is 16.5. The molecule has 0 unspecified atom stereocenters. The van der Waals surface area contributed by atoms with Gasteiger partial charge in [-0.2, -0.15) is 9.97 Å². The SMILES string of the molecule is CC(C)(C)c1ccc(C(=O)Nc2cccc(-c3nc(N)nc(Cc4ccc5c(c4)OCC(=O)N5)n3)c2CO)cc1. The quantitative estimate of drug-likeness (QED) is 0.286. The van der Waals surface area contributed by atoms with E-state index in [0.29, 0.717) is 46.1 Å². The molecule has 3 aromatic carbocycles. The Hall–Kier alpha value is -4.83. The van der Waals surface area contributed by atoms with Crippen LogP contribution >= 0.6 is 0 Å². The number of aromatic nitrogens is 3. The Morgan fingerprint density at radius 1 is 1.07 bits per heavy atom. The van der Waals surface area contributed by atoms with Crippen molar-refractivity contribution in [1.29, 1.82) is 0 Å². The third kappa shape index (κ3) is 5.76. The molecule has 0 saturated carbocycles. The van der Waals surface area contributed by atoms with E-state index < -0.39 is 0 Å². The first-order valence-electron chi connectivity index (χ1n) is 12.8. The molecule has 0 aliphatic carbocycles. The van der Waals surface area contributed by atoms with Gasteiger partial charge in [-0.3, -0.25) is 9.59 Å². The van der Waals surface area contributed by atoms with E-state index in [1.807, 2.05) is 24.3 Å². The molecular formula is C30H30N6O4. The third-order valence-electron chi connectivity index (χ3n) is 6.58. The van der Waals surface area contributed by atoms with Crippen LogP contribution in [0, 0.1) is 0 Å². The molecule has 1 aromatic heterocycles. The lowest BCUT2D eigenvalue weighted by Gasteiger charge is -2.19. The lowest BCUT2D eigenvalue weighted by molar-refractivity contribution is -0.118. The molecule has 0 saturated heterocycles. The zero-order valence-corrected chi connectivity index (χ0v) is 22.5. The van der Waals surface area contributed by atoms with E-state index in [2.05, 4.69) is 46.4 Å². The Balaban J connectivity index is 1.41. The molecule has 0 bridgehead atoms. The van der Waals surface area contributed by atoms with E-state index in [0.717, 1.165) is 11.1 Å². The summed E-state index contributed by atoms with van der Waals surface area (Å²) in [5.74, 6) is 0.788. The number of hydrogen-bond donors (Lipinski definition) is 4. The van der Waals surface area contributed by atoms with Gasteiger partial charge in [0.2, 0.25) is 5.95 Å². The van der Waals surface area contributed by atoms with Gasteiger partial charge in [-0.25, -0.2) is 4.98 Å². The van der Waals surface area contributed by atoms with Crippen molar-refractivity contribution in [3.63, 3.8) is 0 Å². The van der Waals surface area contributed by atoms with E-state index in [4.69, 9.17) is 10.5 Å². The Morgan fingerprint density at radius 3 is 2.58 bits per heavy atom. The fourth-order valence-electron chi connectivity index (χ4n) is 4.45. The van der Waals surface area contributed by atoms with Crippen LogP contribution in [0.25, 0.3) is 11.4 Å². The highest BCUT2D eigenvalue weighted by molar-refractivity contribution is 6.05. The number of carbonyl (C=O) groups excluding carboxylic acids is 2. The molecule has 5 rings (SSSR count). The average Bonchev–Trinajstić information content (AvgIpc) is 2.92. The summed E-state index contributed by atoms with van der Waals surface area (Å²) in [6.07, 6.45) is 0.333. The number of rotatable bonds is 6. The van der Waals surface area contributed by atoms with Crippen molar-refractivity contribution < 1.29 is 19.4 Å². The van der Waals surface area contributed by atoms with Gasteiger partial charge in [0, 0.05) is 28.8 Å². The summed E-state index contributed by atoms with van der Waals surface area (Å²) in [5.41, 5.74) is 10.5. The Morgan fingerprint density at radius 2 is 1.85 bits per heavy atom. The van der Waals surface area contributed by atoms with Gasteiger partial charge in [-0.05, 0) is 46.9 Å². The maximum Gasteiger partial charge on any atom is 0.262 e. The van der Waals surface area contributed by atoms with Crippen LogP contribution in [0.3, 0.4) is 0 Å². The molecule has 204 valence electrons. The number of aliphatic hydroxyl groups excluding tert-OH is 1. The molecule has 10 heteroatoms. The monoisotopic (exact) mass is 538 g/mol. The van der Waals surface area contributed by atoms with Crippen LogP contribution in [0.5, 0.6) is 5.75 Å². The lowest BCUT2D eigenvalue weighted by atomic mass is 9.86. The van der Waals surface area contributed by atoms with Crippen LogP contribution < -0.4 is 21.1 Å². The van der Waals surface area contributed by atoms with E-state index >= 15 is 0 Å². The number of aliphatic hydroxyl groups is 1. The van der Waals surface area contributed by atoms with Crippen molar-refractivity contribution in [2.24, 2.45) is 0 Å². The number of nitrogens with zero attached hydrogens (tertiary/aromatic N) is 3. The van der Waals surface area contributed by atoms with Crippen LogP contribution in [0.1, 0.15) is 53.6 Å². The number of ether oxygens (including phenoxy) is 1. The summed E-state index contributed by atoms with van der Waals surface area (Å²) in [7, 11) is 0. The standard InChI is InChI=1S/C30H30N6O4/c1-30(2,3)19-10-8-18(9-11-19)28(39)33-22-6-4-5-20(21(22)15-37)27-34-25(35-29(31)36-27)14-17-7-12-23-24(13-17)40-16-26(38)32-23/h4-13,37H,14-16H2,1-3H3,(H,32,38)(H,33,39)(H2,31,34,35,36). The lowest BCUT2D eigenvalue weighted by Crippen LogP contribution is -2.25. The molecule has 0 fully saturated rings. The highest BCUT2D eigenvalue weighted by Crippen LogP contribution is 2.31. The number of nitrogens with two attached hydrogens (primary N) is 1. The molecule has 10 nitrogen and oxygen atoms in total. The van der Waals surface area contributed by atoms with Gasteiger partial charge in [-0.15, -0.1) is 0 Å². The predicted octanol–water partition coefficient (Wildman–Crippen LogP) is 4.08. The molecule has 4 aromatic rings. The van der Waals surface area contributed by atoms with Gasteiger partial charge in [0.05, 0.1) is 12.3 Å². The molecule has 2 amide bonds. The minimum absolute atomic E-state index is 0.0238. The van der Waals surface area contributed by atoms with Crippen LogP contribution in [-0.4, -0.2) is 38.5 Å². The minimum Gasteiger partial charge on any atom is -0.482 e. The van der Waals surface area contributed by atoms with Crippen LogP contribution in [0.4, 0.5) is 17.3 Å². The summed E-state index contributed by atoms with van der Waals surface area (Å²) in [5, 5.41) is 15.9. The van der Waals surface area contributed by atoms with Gasteiger partial charge in [0.1, 0.15) is 11.6 Å².